The fraction of sp³-hybridized carbons (Fsp3) is 0.348. The molecule has 0 bridgehead atoms. The van der Waals surface area contributed by atoms with E-state index in [-0.39, 0.29) is 32.1 Å². The number of hydrogen-bond acceptors (Lipinski definition) is 6. The zero-order valence-electron chi connectivity index (χ0n) is 16.9. The SMILES string of the molecule is O=C(O)CCCOC[C@H](O)[C@H](O)C=CC=CC#CC=C[C@H](O)COc1ccc(F)cc1. The Morgan fingerprint density at radius 1 is 1.03 bits per heavy atom. The highest BCUT2D eigenvalue weighted by atomic mass is 19.1. The van der Waals surface area contributed by atoms with Gasteiger partial charge in [-0.15, -0.1) is 0 Å². The third-order valence-corrected chi connectivity index (χ3v) is 3.68. The molecule has 4 N–H and O–H groups in total. The molecule has 0 unspecified atom stereocenters. The first kappa shape index (κ1) is 26.1. The lowest BCUT2D eigenvalue weighted by Gasteiger charge is -2.14. The fourth-order valence-corrected chi connectivity index (χ4v) is 2.06. The highest BCUT2D eigenvalue weighted by Gasteiger charge is 2.12. The molecule has 0 heterocycles. The molecule has 7 nitrogen and oxygen atoms in total. The van der Waals surface area contributed by atoms with Crippen LogP contribution in [0.4, 0.5) is 4.39 Å². The van der Waals surface area contributed by atoms with Crippen LogP contribution in [0.15, 0.2) is 60.7 Å². The molecule has 1 aromatic rings. The van der Waals surface area contributed by atoms with E-state index in [1.165, 1.54) is 54.6 Å². The van der Waals surface area contributed by atoms with E-state index in [2.05, 4.69) is 11.8 Å². The summed E-state index contributed by atoms with van der Waals surface area (Å²) >= 11 is 0. The molecule has 0 spiro atoms. The van der Waals surface area contributed by atoms with Gasteiger partial charge in [-0.05, 0) is 48.9 Å². The second-order valence-electron chi connectivity index (χ2n) is 6.35. The number of carbonyl (C=O) groups is 1. The van der Waals surface area contributed by atoms with Gasteiger partial charge < -0.3 is 29.9 Å². The molecule has 0 amide bonds. The summed E-state index contributed by atoms with van der Waals surface area (Å²) in [6, 6.07) is 5.47. The Kier molecular flexibility index (Phi) is 13.3. The summed E-state index contributed by atoms with van der Waals surface area (Å²) in [6.07, 6.45) is 6.09. The van der Waals surface area contributed by atoms with Crippen molar-refractivity contribution in [2.75, 3.05) is 19.8 Å². The molecule has 168 valence electrons. The van der Waals surface area contributed by atoms with E-state index in [4.69, 9.17) is 14.6 Å². The summed E-state index contributed by atoms with van der Waals surface area (Å²) in [7, 11) is 0. The van der Waals surface area contributed by atoms with Gasteiger partial charge in [-0.3, -0.25) is 4.79 Å². The van der Waals surface area contributed by atoms with Gasteiger partial charge in [0.25, 0.3) is 0 Å². The molecule has 1 aromatic carbocycles. The lowest BCUT2D eigenvalue weighted by atomic mass is 10.2. The van der Waals surface area contributed by atoms with Gasteiger partial charge in [-0.25, -0.2) is 4.39 Å². The third kappa shape index (κ3) is 13.8. The van der Waals surface area contributed by atoms with Crippen molar-refractivity contribution in [3.63, 3.8) is 0 Å². The summed E-state index contributed by atoms with van der Waals surface area (Å²) in [5.74, 6) is 4.57. The number of aliphatic hydroxyl groups excluding tert-OH is 3. The van der Waals surface area contributed by atoms with Crippen molar-refractivity contribution in [2.24, 2.45) is 0 Å². The maximum atomic E-state index is 12.8. The first-order valence-electron chi connectivity index (χ1n) is 9.61. The van der Waals surface area contributed by atoms with Gasteiger partial charge in [0, 0.05) is 13.0 Å². The number of carboxylic acid groups (broad SMARTS) is 1. The van der Waals surface area contributed by atoms with E-state index in [1.54, 1.807) is 6.08 Å². The Labute approximate surface area is 180 Å². The molecule has 0 radical (unpaired) electrons. The minimum absolute atomic E-state index is 0.00583. The fourth-order valence-electron chi connectivity index (χ4n) is 2.06. The number of allylic oxidation sites excluding steroid dienone is 4. The lowest BCUT2D eigenvalue weighted by Crippen LogP contribution is -2.29. The standard InChI is InChI=1S/C23H27FO7/c24-18-11-13-20(14-12-18)31-16-19(25)8-5-3-1-2-4-6-9-21(26)22(27)17-30-15-7-10-23(28)29/h2,4-6,8-9,11-14,19,21-22,25-27H,7,10,15-17H2,(H,28,29)/t19-,21+,22-/m0/s1. The molecule has 0 aromatic heterocycles. The van der Waals surface area contributed by atoms with Crippen LogP contribution in [0.3, 0.4) is 0 Å². The predicted octanol–water partition coefficient (Wildman–Crippen LogP) is 1.84. The third-order valence-electron chi connectivity index (χ3n) is 3.68. The summed E-state index contributed by atoms with van der Waals surface area (Å²) < 4.78 is 23.2. The number of halogens is 1. The van der Waals surface area contributed by atoms with Crippen LogP contribution < -0.4 is 4.74 Å². The summed E-state index contributed by atoms with van der Waals surface area (Å²) in [6.45, 7) is 0.0916. The summed E-state index contributed by atoms with van der Waals surface area (Å²) in [5.41, 5.74) is 0. The highest BCUT2D eigenvalue weighted by Crippen LogP contribution is 2.11. The van der Waals surface area contributed by atoms with Crippen molar-refractivity contribution >= 4 is 5.97 Å². The largest absolute Gasteiger partial charge is 0.491 e. The topological polar surface area (TPSA) is 116 Å². The van der Waals surface area contributed by atoms with E-state index >= 15 is 0 Å². The summed E-state index contributed by atoms with van der Waals surface area (Å²) in [4.78, 5) is 10.3. The molecular weight excluding hydrogens is 407 g/mol. The van der Waals surface area contributed by atoms with Crippen LogP contribution in [0, 0.1) is 17.7 Å². The van der Waals surface area contributed by atoms with Crippen molar-refractivity contribution in [1.29, 1.82) is 0 Å². The van der Waals surface area contributed by atoms with Gasteiger partial charge in [0.1, 0.15) is 36.5 Å². The van der Waals surface area contributed by atoms with Crippen molar-refractivity contribution in [2.45, 2.75) is 31.2 Å². The van der Waals surface area contributed by atoms with Gasteiger partial charge in [-0.1, -0.05) is 30.1 Å². The molecule has 8 heteroatoms. The molecule has 0 aliphatic carbocycles. The van der Waals surface area contributed by atoms with E-state index in [0.29, 0.717) is 12.2 Å². The average Bonchev–Trinajstić information content (AvgIpc) is 2.74. The van der Waals surface area contributed by atoms with E-state index in [1.807, 2.05) is 0 Å². The van der Waals surface area contributed by atoms with Gasteiger partial charge in [0.2, 0.25) is 0 Å². The number of rotatable bonds is 13. The zero-order valence-corrected chi connectivity index (χ0v) is 16.9. The van der Waals surface area contributed by atoms with Crippen LogP contribution in [0.5, 0.6) is 5.75 Å². The molecule has 1 rings (SSSR count). The van der Waals surface area contributed by atoms with Crippen LogP contribution in [0.2, 0.25) is 0 Å². The number of hydrogen-bond donors (Lipinski definition) is 4. The maximum absolute atomic E-state index is 12.8. The van der Waals surface area contributed by atoms with Crippen LogP contribution in [0.25, 0.3) is 0 Å². The first-order valence-corrected chi connectivity index (χ1v) is 9.61. The van der Waals surface area contributed by atoms with Crippen LogP contribution in [-0.4, -0.2) is 64.5 Å². The quantitative estimate of drug-likeness (QED) is 0.213. The predicted molar refractivity (Wildman–Crippen MR) is 113 cm³/mol. The number of benzene rings is 1. The van der Waals surface area contributed by atoms with E-state index < -0.39 is 24.3 Å². The first-order chi connectivity index (χ1) is 14.9. The Morgan fingerprint density at radius 2 is 1.74 bits per heavy atom. The Morgan fingerprint density at radius 3 is 2.45 bits per heavy atom. The van der Waals surface area contributed by atoms with Gasteiger partial charge in [0.05, 0.1) is 6.61 Å². The molecule has 0 saturated heterocycles. The molecule has 0 aliphatic rings. The number of aliphatic carboxylic acids is 1. The molecule has 0 fully saturated rings. The Hall–Kier alpha value is -2.96. The van der Waals surface area contributed by atoms with E-state index in [9.17, 15) is 24.5 Å². The minimum atomic E-state index is -1.13. The minimum Gasteiger partial charge on any atom is -0.491 e. The van der Waals surface area contributed by atoms with Crippen LogP contribution in [-0.2, 0) is 9.53 Å². The van der Waals surface area contributed by atoms with Gasteiger partial charge in [-0.2, -0.15) is 0 Å². The average molecular weight is 434 g/mol. The van der Waals surface area contributed by atoms with Crippen molar-refractivity contribution in [3.8, 4) is 17.6 Å². The second-order valence-corrected chi connectivity index (χ2v) is 6.35. The van der Waals surface area contributed by atoms with Gasteiger partial charge in [0.15, 0.2) is 0 Å². The summed E-state index contributed by atoms with van der Waals surface area (Å²) in [5, 5.41) is 37.7. The monoisotopic (exact) mass is 434 g/mol. The molecular formula is C23H27FO7. The molecule has 3 atom stereocenters. The molecule has 0 saturated carbocycles. The van der Waals surface area contributed by atoms with Gasteiger partial charge >= 0.3 is 5.97 Å². The highest BCUT2D eigenvalue weighted by molar-refractivity contribution is 5.66. The lowest BCUT2D eigenvalue weighted by molar-refractivity contribution is -0.137. The Balaban J connectivity index is 2.22. The van der Waals surface area contributed by atoms with Crippen LogP contribution >= 0.6 is 0 Å². The molecule has 31 heavy (non-hydrogen) atoms. The number of carboxylic acids is 1. The van der Waals surface area contributed by atoms with Crippen LogP contribution in [0.1, 0.15) is 12.8 Å². The second kappa shape index (κ2) is 15.8. The van der Waals surface area contributed by atoms with Crippen molar-refractivity contribution < 1.29 is 39.1 Å². The zero-order chi connectivity index (χ0) is 22.9. The van der Waals surface area contributed by atoms with Crippen molar-refractivity contribution in [1.82, 2.24) is 0 Å². The maximum Gasteiger partial charge on any atom is 0.303 e. The normalized spacial score (nSPS) is 14.5. The van der Waals surface area contributed by atoms with Crippen molar-refractivity contribution in [3.05, 3.63) is 66.5 Å². The Bertz CT molecular complexity index is 790. The number of aliphatic hydroxyl groups is 3. The number of ether oxygens (including phenoxy) is 2. The molecule has 0 aliphatic heterocycles. The van der Waals surface area contributed by atoms with E-state index in [0.717, 1.165) is 0 Å². The smallest absolute Gasteiger partial charge is 0.303 e.